The average molecular weight is 306 g/mol. The molecule has 0 bridgehead atoms. The number of rotatable bonds is 4. The summed E-state index contributed by atoms with van der Waals surface area (Å²) < 4.78 is 5.55. The molecule has 0 aliphatic heterocycles. The molecular formula is C15H16ClN3O2. The maximum Gasteiger partial charge on any atom is 0.322 e. The summed E-state index contributed by atoms with van der Waals surface area (Å²) >= 11 is 5.79. The van der Waals surface area contributed by atoms with Crippen LogP contribution < -0.4 is 21.1 Å². The van der Waals surface area contributed by atoms with Crippen molar-refractivity contribution < 1.29 is 9.53 Å². The predicted molar refractivity (Wildman–Crippen MR) is 84.6 cm³/mol. The van der Waals surface area contributed by atoms with Crippen LogP contribution in [0, 0.1) is 0 Å². The van der Waals surface area contributed by atoms with Gasteiger partial charge in [0.25, 0.3) is 0 Å². The zero-order valence-corrected chi connectivity index (χ0v) is 12.2. The molecule has 1 atom stereocenters. The van der Waals surface area contributed by atoms with Crippen LogP contribution in [-0.2, 0) is 0 Å². The third-order valence-corrected chi connectivity index (χ3v) is 2.88. The lowest BCUT2D eigenvalue weighted by atomic mass is 10.3. The fourth-order valence-corrected chi connectivity index (χ4v) is 1.79. The lowest BCUT2D eigenvalue weighted by Gasteiger charge is -2.16. The average Bonchev–Trinajstić information content (AvgIpc) is 2.44. The molecule has 0 spiro atoms. The van der Waals surface area contributed by atoms with Crippen molar-refractivity contribution in [2.45, 2.75) is 13.2 Å². The van der Waals surface area contributed by atoms with Crippen LogP contribution >= 0.6 is 11.6 Å². The van der Waals surface area contributed by atoms with E-state index in [0.29, 0.717) is 22.1 Å². The van der Waals surface area contributed by atoms with Crippen LogP contribution in [0.25, 0.3) is 0 Å². The van der Waals surface area contributed by atoms with Gasteiger partial charge in [0.15, 0.2) is 6.23 Å². The van der Waals surface area contributed by atoms with Gasteiger partial charge < -0.3 is 21.1 Å². The number of carbonyl (C=O) groups excluding carboxylic acids is 1. The number of anilines is 2. The second-order valence-corrected chi connectivity index (χ2v) is 4.87. The molecule has 5 nitrogen and oxygen atoms in total. The van der Waals surface area contributed by atoms with Gasteiger partial charge in [-0.25, -0.2) is 4.79 Å². The quantitative estimate of drug-likeness (QED) is 0.598. The number of hydrogen-bond acceptors (Lipinski definition) is 3. The Balaban J connectivity index is 1.84. The molecule has 2 rings (SSSR count). The van der Waals surface area contributed by atoms with Crippen LogP contribution in [0.1, 0.15) is 6.92 Å². The fourth-order valence-electron chi connectivity index (χ4n) is 1.66. The summed E-state index contributed by atoms with van der Waals surface area (Å²) in [5.41, 5.74) is 6.87. The van der Waals surface area contributed by atoms with Crippen LogP contribution in [0.4, 0.5) is 16.2 Å². The van der Waals surface area contributed by atoms with E-state index < -0.39 is 6.23 Å². The molecule has 2 aromatic rings. The van der Waals surface area contributed by atoms with Crippen molar-refractivity contribution in [2.75, 3.05) is 11.1 Å². The molecule has 0 radical (unpaired) electrons. The Bertz CT molecular complexity index is 599. The maximum absolute atomic E-state index is 11.8. The summed E-state index contributed by atoms with van der Waals surface area (Å²) in [6.07, 6.45) is -0.486. The lowest BCUT2D eigenvalue weighted by molar-refractivity contribution is 0.183. The highest BCUT2D eigenvalue weighted by atomic mass is 35.5. The van der Waals surface area contributed by atoms with Crippen molar-refractivity contribution in [2.24, 2.45) is 0 Å². The van der Waals surface area contributed by atoms with E-state index in [-0.39, 0.29) is 6.03 Å². The Morgan fingerprint density at radius 3 is 2.38 bits per heavy atom. The van der Waals surface area contributed by atoms with Crippen LogP contribution in [-0.4, -0.2) is 12.3 Å². The second kappa shape index (κ2) is 6.85. The smallest absolute Gasteiger partial charge is 0.322 e. The Morgan fingerprint density at radius 1 is 1.14 bits per heavy atom. The molecule has 0 fully saturated rings. The SMILES string of the molecule is CC(NC(=O)Nc1ccc(N)cc1)Oc1ccc(Cl)cc1. The summed E-state index contributed by atoms with van der Waals surface area (Å²) in [5, 5.41) is 5.99. The normalized spacial score (nSPS) is 11.5. The molecule has 21 heavy (non-hydrogen) atoms. The number of amides is 2. The van der Waals surface area contributed by atoms with Gasteiger partial charge in [-0.1, -0.05) is 11.6 Å². The van der Waals surface area contributed by atoms with Crippen molar-refractivity contribution in [1.29, 1.82) is 0 Å². The van der Waals surface area contributed by atoms with Gasteiger partial charge >= 0.3 is 6.03 Å². The molecular weight excluding hydrogens is 290 g/mol. The van der Waals surface area contributed by atoms with E-state index in [1.54, 1.807) is 55.5 Å². The highest BCUT2D eigenvalue weighted by Crippen LogP contribution is 2.16. The van der Waals surface area contributed by atoms with Crippen molar-refractivity contribution in [3.05, 3.63) is 53.6 Å². The summed E-state index contributed by atoms with van der Waals surface area (Å²) in [4.78, 5) is 11.8. The van der Waals surface area contributed by atoms with E-state index >= 15 is 0 Å². The van der Waals surface area contributed by atoms with Gasteiger partial charge in [0.2, 0.25) is 0 Å². The van der Waals surface area contributed by atoms with Gasteiger partial charge in [0.05, 0.1) is 0 Å². The van der Waals surface area contributed by atoms with E-state index in [1.807, 2.05) is 0 Å². The van der Waals surface area contributed by atoms with Gasteiger partial charge in [-0.2, -0.15) is 0 Å². The molecule has 110 valence electrons. The van der Waals surface area contributed by atoms with Crippen molar-refractivity contribution in [3.63, 3.8) is 0 Å². The third kappa shape index (κ3) is 4.89. The summed E-state index contributed by atoms with van der Waals surface area (Å²) in [6.45, 7) is 1.73. The molecule has 2 aromatic carbocycles. The number of nitrogen functional groups attached to an aromatic ring is 1. The number of carbonyl (C=O) groups is 1. The van der Waals surface area contributed by atoms with E-state index in [1.165, 1.54) is 0 Å². The maximum atomic E-state index is 11.8. The zero-order valence-electron chi connectivity index (χ0n) is 11.5. The highest BCUT2D eigenvalue weighted by Gasteiger charge is 2.08. The monoisotopic (exact) mass is 305 g/mol. The zero-order chi connectivity index (χ0) is 15.2. The molecule has 0 aromatic heterocycles. The molecule has 6 heteroatoms. The minimum absolute atomic E-state index is 0.360. The Hall–Kier alpha value is -2.40. The minimum atomic E-state index is -0.486. The number of benzene rings is 2. The van der Waals surface area contributed by atoms with Gasteiger partial charge in [0.1, 0.15) is 5.75 Å². The first-order valence-corrected chi connectivity index (χ1v) is 6.76. The highest BCUT2D eigenvalue weighted by molar-refractivity contribution is 6.30. The predicted octanol–water partition coefficient (Wildman–Crippen LogP) is 3.47. The largest absolute Gasteiger partial charge is 0.471 e. The Kier molecular flexibility index (Phi) is 4.90. The van der Waals surface area contributed by atoms with Crippen molar-refractivity contribution >= 4 is 29.0 Å². The summed E-state index contributed by atoms with van der Waals surface area (Å²) in [5.74, 6) is 0.625. The first-order valence-electron chi connectivity index (χ1n) is 6.38. The van der Waals surface area contributed by atoms with E-state index in [9.17, 15) is 4.79 Å². The first-order chi connectivity index (χ1) is 10.0. The van der Waals surface area contributed by atoms with Crippen LogP contribution in [0.2, 0.25) is 5.02 Å². The Labute approximate surface area is 128 Å². The first kappa shape index (κ1) is 15.0. The minimum Gasteiger partial charge on any atom is -0.471 e. The number of hydrogen-bond donors (Lipinski definition) is 3. The fraction of sp³-hybridized carbons (Fsp3) is 0.133. The number of nitrogens with two attached hydrogens (primary N) is 1. The molecule has 0 saturated carbocycles. The Morgan fingerprint density at radius 2 is 1.76 bits per heavy atom. The van der Waals surface area contributed by atoms with E-state index in [0.717, 1.165) is 0 Å². The molecule has 0 heterocycles. The second-order valence-electron chi connectivity index (χ2n) is 4.43. The molecule has 4 N–H and O–H groups in total. The molecule has 0 aliphatic carbocycles. The molecule has 1 unspecified atom stereocenters. The number of urea groups is 1. The van der Waals surface area contributed by atoms with Gasteiger partial charge in [0, 0.05) is 16.4 Å². The third-order valence-electron chi connectivity index (χ3n) is 2.63. The van der Waals surface area contributed by atoms with Gasteiger partial charge in [-0.05, 0) is 55.5 Å². The standard InChI is InChI=1S/C15H16ClN3O2/c1-10(21-14-8-2-11(16)3-9-14)18-15(20)19-13-6-4-12(17)5-7-13/h2-10H,17H2,1H3,(H2,18,19,20). The van der Waals surface area contributed by atoms with Crippen LogP contribution in [0.3, 0.4) is 0 Å². The molecule has 2 amide bonds. The molecule has 0 saturated heterocycles. The lowest BCUT2D eigenvalue weighted by Crippen LogP contribution is -2.39. The number of ether oxygens (including phenoxy) is 1. The van der Waals surface area contributed by atoms with Crippen molar-refractivity contribution in [1.82, 2.24) is 5.32 Å². The number of nitrogens with one attached hydrogen (secondary N) is 2. The summed E-state index contributed by atoms with van der Waals surface area (Å²) in [6, 6.07) is 13.4. The van der Waals surface area contributed by atoms with E-state index in [4.69, 9.17) is 22.1 Å². The topological polar surface area (TPSA) is 76.4 Å². The van der Waals surface area contributed by atoms with Crippen molar-refractivity contribution in [3.8, 4) is 5.75 Å². The summed E-state index contributed by atoms with van der Waals surface area (Å²) in [7, 11) is 0. The van der Waals surface area contributed by atoms with E-state index in [2.05, 4.69) is 10.6 Å². The van der Waals surface area contributed by atoms with Crippen LogP contribution in [0.15, 0.2) is 48.5 Å². The number of halogens is 1. The van der Waals surface area contributed by atoms with Crippen LogP contribution in [0.5, 0.6) is 5.75 Å². The van der Waals surface area contributed by atoms with Gasteiger partial charge in [-0.3, -0.25) is 0 Å². The van der Waals surface area contributed by atoms with Gasteiger partial charge in [-0.15, -0.1) is 0 Å². The molecule has 0 aliphatic rings.